The zero-order chi connectivity index (χ0) is 12.5. The molecule has 3 heteroatoms. The zero-order valence-corrected chi connectivity index (χ0v) is 9.39. The van der Waals surface area contributed by atoms with Crippen LogP contribution in [0, 0.1) is 5.82 Å². The molecule has 0 unspecified atom stereocenters. The largest absolute Gasteiger partial charge is 0.461 e. The van der Waals surface area contributed by atoms with E-state index < -0.39 is 11.2 Å². The van der Waals surface area contributed by atoms with Crippen LogP contribution in [0.25, 0.3) is 22.1 Å². The lowest BCUT2D eigenvalue weighted by molar-refractivity contribution is 0.520. The highest BCUT2D eigenvalue weighted by atomic mass is 19.1. The number of benzene rings is 2. The maximum absolute atomic E-state index is 13.1. The van der Waals surface area contributed by atoms with E-state index in [0.717, 1.165) is 17.4 Å². The minimum absolute atomic E-state index is 0.259. The van der Waals surface area contributed by atoms with E-state index in [0.29, 0.717) is 5.58 Å². The highest BCUT2D eigenvalue weighted by Crippen LogP contribution is 2.22. The standard InChI is InChI=1S/C15H9FO2/c16-13-9-18-14-8-11(6-7-12(14)15(13)17)10-4-2-1-3-5-10/h1-9H. The van der Waals surface area contributed by atoms with Crippen molar-refractivity contribution in [2.75, 3.05) is 0 Å². The lowest BCUT2D eigenvalue weighted by atomic mass is 10.0. The molecule has 0 amide bonds. The summed E-state index contributed by atoms with van der Waals surface area (Å²) in [5.74, 6) is -0.866. The summed E-state index contributed by atoms with van der Waals surface area (Å²) in [5, 5.41) is 0.259. The van der Waals surface area contributed by atoms with Gasteiger partial charge in [0.1, 0.15) is 11.8 Å². The summed E-state index contributed by atoms with van der Waals surface area (Å²) in [7, 11) is 0. The molecule has 0 aliphatic heterocycles. The average Bonchev–Trinajstić information content (AvgIpc) is 2.44. The second-order valence-corrected chi connectivity index (χ2v) is 3.99. The summed E-state index contributed by atoms with van der Waals surface area (Å²) in [5.41, 5.74) is 1.71. The van der Waals surface area contributed by atoms with Gasteiger partial charge in [0.2, 0.25) is 11.2 Å². The predicted molar refractivity (Wildman–Crippen MR) is 67.9 cm³/mol. The van der Waals surface area contributed by atoms with E-state index in [9.17, 15) is 9.18 Å². The van der Waals surface area contributed by atoms with Crippen molar-refractivity contribution in [3.8, 4) is 11.1 Å². The van der Waals surface area contributed by atoms with Crippen LogP contribution in [-0.2, 0) is 0 Å². The van der Waals surface area contributed by atoms with Gasteiger partial charge in [-0.25, -0.2) is 0 Å². The highest BCUT2D eigenvalue weighted by Gasteiger charge is 2.07. The topological polar surface area (TPSA) is 30.2 Å². The predicted octanol–water partition coefficient (Wildman–Crippen LogP) is 3.60. The molecule has 0 aliphatic carbocycles. The van der Waals surface area contributed by atoms with Crippen molar-refractivity contribution in [3.05, 3.63) is 70.8 Å². The molecule has 1 aromatic heterocycles. The fourth-order valence-corrected chi connectivity index (χ4v) is 1.91. The van der Waals surface area contributed by atoms with E-state index in [1.165, 1.54) is 0 Å². The maximum atomic E-state index is 13.1. The van der Waals surface area contributed by atoms with Crippen LogP contribution in [-0.4, -0.2) is 0 Å². The first-order valence-corrected chi connectivity index (χ1v) is 5.52. The van der Waals surface area contributed by atoms with Crippen molar-refractivity contribution in [2.45, 2.75) is 0 Å². The van der Waals surface area contributed by atoms with Gasteiger partial charge in [-0.05, 0) is 23.3 Å². The second kappa shape index (κ2) is 4.11. The van der Waals surface area contributed by atoms with Crippen molar-refractivity contribution in [2.24, 2.45) is 0 Å². The van der Waals surface area contributed by atoms with Crippen LogP contribution in [0.4, 0.5) is 4.39 Å². The van der Waals surface area contributed by atoms with Crippen molar-refractivity contribution in [1.29, 1.82) is 0 Å². The quantitative estimate of drug-likeness (QED) is 0.650. The van der Waals surface area contributed by atoms with E-state index in [-0.39, 0.29) is 5.39 Å². The highest BCUT2D eigenvalue weighted by molar-refractivity contribution is 5.82. The summed E-state index contributed by atoms with van der Waals surface area (Å²) in [4.78, 5) is 11.5. The molecule has 0 fully saturated rings. The molecule has 0 saturated carbocycles. The first kappa shape index (κ1) is 10.7. The monoisotopic (exact) mass is 240 g/mol. The molecule has 0 saturated heterocycles. The molecule has 0 atom stereocenters. The van der Waals surface area contributed by atoms with Gasteiger partial charge < -0.3 is 4.42 Å². The van der Waals surface area contributed by atoms with E-state index in [1.807, 2.05) is 30.3 Å². The van der Waals surface area contributed by atoms with Gasteiger partial charge in [-0.3, -0.25) is 4.79 Å². The molecule has 18 heavy (non-hydrogen) atoms. The Bertz CT molecular complexity index is 760. The molecule has 3 rings (SSSR count). The molecule has 0 radical (unpaired) electrons. The lowest BCUT2D eigenvalue weighted by Gasteiger charge is -2.02. The molecule has 0 spiro atoms. The molecule has 1 heterocycles. The molecule has 0 aliphatic rings. The van der Waals surface area contributed by atoms with Crippen molar-refractivity contribution >= 4 is 11.0 Å². The number of hydrogen-bond acceptors (Lipinski definition) is 2. The third-order valence-corrected chi connectivity index (χ3v) is 2.84. The molecule has 3 aromatic rings. The van der Waals surface area contributed by atoms with Gasteiger partial charge in [0.05, 0.1) is 5.39 Å². The van der Waals surface area contributed by atoms with Crippen molar-refractivity contribution in [3.63, 3.8) is 0 Å². The van der Waals surface area contributed by atoms with Gasteiger partial charge >= 0.3 is 0 Å². The Morgan fingerprint density at radius 3 is 2.50 bits per heavy atom. The van der Waals surface area contributed by atoms with Crippen LogP contribution >= 0.6 is 0 Å². The van der Waals surface area contributed by atoms with Crippen molar-refractivity contribution in [1.82, 2.24) is 0 Å². The third kappa shape index (κ3) is 1.70. The zero-order valence-electron chi connectivity index (χ0n) is 9.39. The van der Waals surface area contributed by atoms with Crippen molar-refractivity contribution < 1.29 is 8.81 Å². The Kier molecular flexibility index (Phi) is 2.45. The van der Waals surface area contributed by atoms with E-state index in [4.69, 9.17) is 4.42 Å². The van der Waals surface area contributed by atoms with E-state index in [1.54, 1.807) is 18.2 Å². The Hall–Kier alpha value is -2.42. The first-order valence-electron chi connectivity index (χ1n) is 5.52. The van der Waals surface area contributed by atoms with Crippen LogP contribution in [0.1, 0.15) is 0 Å². The number of rotatable bonds is 1. The summed E-state index contributed by atoms with van der Waals surface area (Å²) < 4.78 is 18.2. The molecule has 0 N–H and O–H groups in total. The third-order valence-electron chi connectivity index (χ3n) is 2.84. The van der Waals surface area contributed by atoms with Gasteiger partial charge in [0.15, 0.2) is 0 Å². The second-order valence-electron chi connectivity index (χ2n) is 3.99. The Morgan fingerprint density at radius 1 is 0.944 bits per heavy atom. The van der Waals surface area contributed by atoms with Gasteiger partial charge in [0.25, 0.3) is 0 Å². The fraction of sp³-hybridized carbons (Fsp3) is 0. The maximum Gasteiger partial charge on any atom is 0.228 e. The number of hydrogen-bond donors (Lipinski definition) is 0. The minimum atomic E-state index is -0.866. The SMILES string of the molecule is O=c1c(F)coc2cc(-c3ccccc3)ccc12. The molecular formula is C15H9FO2. The summed E-state index contributed by atoms with van der Waals surface area (Å²) >= 11 is 0. The molecule has 88 valence electrons. The van der Waals surface area contributed by atoms with Crippen LogP contribution in [0.15, 0.2) is 64.0 Å². The molecule has 2 aromatic carbocycles. The summed E-state index contributed by atoms with van der Waals surface area (Å²) in [6, 6.07) is 14.8. The van der Waals surface area contributed by atoms with E-state index >= 15 is 0 Å². The van der Waals surface area contributed by atoms with Crippen LogP contribution in [0.2, 0.25) is 0 Å². The van der Waals surface area contributed by atoms with Crippen LogP contribution in [0.5, 0.6) is 0 Å². The number of fused-ring (bicyclic) bond motifs is 1. The van der Waals surface area contributed by atoms with Crippen LogP contribution in [0.3, 0.4) is 0 Å². The lowest BCUT2D eigenvalue weighted by Crippen LogP contribution is -2.05. The smallest absolute Gasteiger partial charge is 0.228 e. The number of halogens is 1. The minimum Gasteiger partial charge on any atom is -0.461 e. The molecular weight excluding hydrogens is 231 g/mol. The first-order chi connectivity index (χ1) is 8.75. The fourth-order valence-electron chi connectivity index (χ4n) is 1.91. The molecule has 0 bridgehead atoms. The summed E-state index contributed by atoms with van der Waals surface area (Å²) in [6.45, 7) is 0. The van der Waals surface area contributed by atoms with Gasteiger partial charge in [-0.1, -0.05) is 36.4 Å². The Morgan fingerprint density at radius 2 is 1.72 bits per heavy atom. The Labute approximate surface area is 102 Å². The normalized spacial score (nSPS) is 10.7. The molecule has 2 nitrogen and oxygen atoms in total. The van der Waals surface area contributed by atoms with E-state index in [2.05, 4.69) is 0 Å². The van der Waals surface area contributed by atoms with Gasteiger partial charge in [-0.2, -0.15) is 4.39 Å². The summed E-state index contributed by atoms with van der Waals surface area (Å²) in [6.07, 6.45) is 0.847. The van der Waals surface area contributed by atoms with Gasteiger partial charge in [-0.15, -0.1) is 0 Å². The van der Waals surface area contributed by atoms with Crippen LogP contribution < -0.4 is 5.43 Å². The average molecular weight is 240 g/mol. The Balaban J connectivity index is 2.25. The van der Waals surface area contributed by atoms with Gasteiger partial charge in [0, 0.05) is 0 Å².